The number of hydrogen-bond acceptors (Lipinski definition) is 2. The van der Waals surface area contributed by atoms with E-state index < -0.39 is 0 Å². The van der Waals surface area contributed by atoms with Gasteiger partial charge in [0.25, 0.3) is 0 Å². The van der Waals surface area contributed by atoms with E-state index in [1.165, 1.54) is 199 Å². The monoisotopic (exact) mass is 1310 g/mol. The number of benzene rings is 18. The molecule has 0 aliphatic carbocycles. The highest BCUT2D eigenvalue weighted by molar-refractivity contribution is 7.02. The van der Waals surface area contributed by atoms with Gasteiger partial charge in [0.2, 0.25) is 13.4 Å². The van der Waals surface area contributed by atoms with Crippen LogP contribution in [0.1, 0.15) is 0 Å². The molecule has 0 saturated heterocycles. The van der Waals surface area contributed by atoms with Crippen molar-refractivity contribution in [3.63, 3.8) is 0 Å². The van der Waals surface area contributed by atoms with Crippen LogP contribution in [0.2, 0.25) is 0 Å². The Hall–Kier alpha value is -13.3. The lowest BCUT2D eigenvalue weighted by Crippen LogP contribution is -2.60. The van der Waals surface area contributed by atoms with Crippen molar-refractivity contribution in [3.8, 4) is 111 Å². The van der Waals surface area contributed by atoms with Crippen LogP contribution in [-0.4, -0.2) is 13.4 Å². The zero-order valence-corrected chi connectivity index (χ0v) is 56.8. The summed E-state index contributed by atoms with van der Waals surface area (Å²) < 4.78 is 0. The van der Waals surface area contributed by atoms with E-state index in [0.29, 0.717) is 0 Å². The molecule has 0 N–H and O–H groups in total. The summed E-state index contributed by atoms with van der Waals surface area (Å²) in [6.07, 6.45) is 0. The molecule has 0 unspecified atom stereocenters. The second-order valence-corrected chi connectivity index (χ2v) is 28.4. The van der Waals surface area contributed by atoms with Crippen LogP contribution in [0.4, 0.5) is 34.1 Å². The first kappa shape index (κ1) is 58.5. The zero-order chi connectivity index (χ0) is 68.1. The van der Waals surface area contributed by atoms with Gasteiger partial charge in [-0.3, -0.25) is 0 Å². The first-order valence-electron chi connectivity index (χ1n) is 36.4. The summed E-state index contributed by atoms with van der Waals surface area (Å²) in [5.74, 6) is 0. The molecule has 4 aliphatic rings. The van der Waals surface area contributed by atoms with Crippen molar-refractivity contribution >= 4 is 113 Å². The zero-order valence-electron chi connectivity index (χ0n) is 56.8. The highest BCUT2D eigenvalue weighted by Gasteiger charge is 2.46. The van der Waals surface area contributed by atoms with E-state index in [1.807, 2.05) is 0 Å². The molecule has 0 atom stereocenters. The van der Waals surface area contributed by atoms with Gasteiger partial charge in [-0.15, -0.1) is 0 Å². The smallest absolute Gasteiger partial charge is 0.248 e. The molecular weight excluding hydrogens is 1250 g/mol. The van der Waals surface area contributed by atoms with E-state index in [2.05, 4.69) is 386 Å². The molecule has 4 heteroatoms. The summed E-state index contributed by atoms with van der Waals surface area (Å²) in [5, 5.41) is 7.70. The van der Waals surface area contributed by atoms with Crippen molar-refractivity contribution in [2.45, 2.75) is 0 Å². The van der Waals surface area contributed by atoms with Crippen molar-refractivity contribution in [3.05, 3.63) is 376 Å². The van der Waals surface area contributed by atoms with Crippen LogP contribution in [0.5, 0.6) is 0 Å². The van der Waals surface area contributed by atoms with Gasteiger partial charge in [-0.25, -0.2) is 0 Å². The summed E-state index contributed by atoms with van der Waals surface area (Å²) in [6, 6.07) is 143. The average Bonchev–Trinajstić information content (AvgIpc) is 0.661. The van der Waals surface area contributed by atoms with Crippen LogP contribution >= 0.6 is 0 Å². The Morgan fingerprint density at radius 2 is 0.471 bits per heavy atom. The van der Waals surface area contributed by atoms with Crippen LogP contribution in [0.3, 0.4) is 0 Å². The molecule has 0 spiro atoms. The highest BCUT2D eigenvalue weighted by Crippen LogP contribution is 2.56. The maximum atomic E-state index is 2.72. The van der Waals surface area contributed by atoms with Crippen LogP contribution in [0.15, 0.2) is 376 Å². The van der Waals surface area contributed by atoms with E-state index in [9.17, 15) is 0 Å². The minimum absolute atomic E-state index is 0.161. The Labute approximate surface area is 605 Å². The maximum Gasteiger partial charge on any atom is 0.248 e. The number of hydrogen-bond donors (Lipinski definition) is 0. The number of para-hydroxylation sites is 4. The Kier molecular flexibility index (Phi) is 13.0. The van der Waals surface area contributed by atoms with Gasteiger partial charge in [-0.1, -0.05) is 314 Å². The molecule has 478 valence electrons. The SMILES string of the molecule is c1ccc(-c2cc3c4c(c2)N(c2ccccc2)c2ccccc2B4c2cc4c(-c5c(-c6ccccc6)cccc5-c5ccccc5)cc5c6c(cc7c(-c8c(-c9ccccc9)cccc8-c8ccccc8)cc-3c2c7c46)B2c3ccccc3N(c3ccccc3)c3cc(-c4ccccc4)cc-5c32)cc1. The topological polar surface area (TPSA) is 6.48 Å². The van der Waals surface area contributed by atoms with Crippen LogP contribution in [-0.2, 0) is 0 Å². The Morgan fingerprint density at radius 1 is 0.173 bits per heavy atom. The number of fused-ring (bicyclic) bond motifs is 8. The van der Waals surface area contributed by atoms with Gasteiger partial charge in [0.05, 0.1) is 0 Å². The lowest BCUT2D eigenvalue weighted by molar-refractivity contribution is 1.29. The van der Waals surface area contributed by atoms with Gasteiger partial charge in [-0.05, 0) is 238 Å². The van der Waals surface area contributed by atoms with E-state index in [1.54, 1.807) is 0 Å². The fraction of sp³-hybridized carbons (Fsp3) is 0. The molecular formula is C100H62B2N2. The van der Waals surface area contributed by atoms with Gasteiger partial charge in [0, 0.05) is 34.1 Å². The number of nitrogens with zero attached hydrogens (tertiary/aromatic N) is 2. The third-order valence-corrected chi connectivity index (χ3v) is 23.0. The molecule has 0 radical (unpaired) electrons. The van der Waals surface area contributed by atoms with Crippen molar-refractivity contribution in [2.24, 2.45) is 0 Å². The van der Waals surface area contributed by atoms with E-state index in [4.69, 9.17) is 0 Å². The Bertz CT molecular complexity index is 5990. The van der Waals surface area contributed by atoms with Crippen molar-refractivity contribution in [2.75, 3.05) is 9.80 Å². The van der Waals surface area contributed by atoms with E-state index in [0.717, 1.165) is 11.4 Å². The molecule has 0 aromatic heterocycles. The van der Waals surface area contributed by atoms with Gasteiger partial charge in [0.1, 0.15) is 0 Å². The quantitative estimate of drug-likeness (QED) is 0.0995. The molecule has 104 heavy (non-hydrogen) atoms. The molecule has 0 amide bonds. The predicted molar refractivity (Wildman–Crippen MR) is 443 cm³/mol. The molecule has 18 aromatic carbocycles. The van der Waals surface area contributed by atoms with Crippen LogP contribution < -0.4 is 42.6 Å². The molecule has 0 saturated carbocycles. The Morgan fingerprint density at radius 3 is 0.808 bits per heavy atom. The largest absolute Gasteiger partial charge is 0.311 e. The first-order chi connectivity index (χ1) is 51.7. The van der Waals surface area contributed by atoms with Gasteiger partial charge >= 0.3 is 0 Å². The van der Waals surface area contributed by atoms with E-state index >= 15 is 0 Å². The first-order valence-corrected chi connectivity index (χ1v) is 36.4. The molecule has 22 rings (SSSR count). The van der Waals surface area contributed by atoms with Crippen LogP contribution in [0.25, 0.3) is 144 Å². The molecule has 2 nitrogen and oxygen atoms in total. The molecule has 18 aromatic rings. The number of rotatable bonds is 10. The standard InChI is InChI=1S/C100H62B2N2/c1-9-31-63(32-10-1)69-55-83-79-59-77(93-73(65-35-13-3-14-36-65)47-29-48-74(93)66-37-15-4-16-38-66)81-62-88-96-80(84-56-70(64-33-11-2-12-34-64)58-92-100(84)102(88)86-52-26-28-54-90(86)104(92)72-45-23-8-24-46-72)60-78(94-75(67-39-17-5-18-40-67)49-30-50-76(94)68-41-19-6-20-42-68)82-61-87(95(79)97(81)98(82)96)101-85-51-25-27-53-89(85)103(91(57-69)99(83)101)71-43-21-7-22-44-71/h1-62H. The Balaban J connectivity index is 1.00. The van der Waals surface area contributed by atoms with Gasteiger partial charge in [0.15, 0.2) is 0 Å². The average molecular weight is 1310 g/mol. The third kappa shape index (κ3) is 8.67. The molecule has 4 aliphatic heterocycles. The van der Waals surface area contributed by atoms with Crippen molar-refractivity contribution in [1.82, 2.24) is 0 Å². The van der Waals surface area contributed by atoms with Crippen molar-refractivity contribution in [1.29, 1.82) is 0 Å². The van der Waals surface area contributed by atoms with Gasteiger partial charge < -0.3 is 9.80 Å². The van der Waals surface area contributed by atoms with E-state index in [-0.39, 0.29) is 13.4 Å². The lowest BCUT2D eigenvalue weighted by Gasteiger charge is -2.42. The summed E-state index contributed by atoms with van der Waals surface area (Å²) in [6.45, 7) is -0.322. The second kappa shape index (κ2) is 23.1. The maximum absolute atomic E-state index is 2.72. The minimum atomic E-state index is -0.161. The second-order valence-electron chi connectivity index (χ2n) is 28.4. The third-order valence-electron chi connectivity index (χ3n) is 23.0. The van der Waals surface area contributed by atoms with Crippen LogP contribution in [0, 0.1) is 0 Å². The minimum Gasteiger partial charge on any atom is -0.311 e. The fourth-order valence-electron chi connectivity index (χ4n) is 18.8. The lowest BCUT2D eigenvalue weighted by atomic mass is 9.31. The summed E-state index contributed by atoms with van der Waals surface area (Å²) in [7, 11) is 0. The van der Waals surface area contributed by atoms with Gasteiger partial charge in [-0.2, -0.15) is 0 Å². The fourth-order valence-corrected chi connectivity index (χ4v) is 18.8. The molecule has 0 fully saturated rings. The summed E-state index contributed by atoms with van der Waals surface area (Å²) in [4.78, 5) is 5.12. The normalized spacial score (nSPS) is 12.7. The molecule has 4 heterocycles. The highest BCUT2D eigenvalue weighted by atomic mass is 15.2. The molecule has 0 bridgehead atoms. The summed E-state index contributed by atoms with van der Waals surface area (Å²) in [5.41, 5.74) is 38.9. The predicted octanol–water partition coefficient (Wildman–Crippen LogP) is 22.5. The van der Waals surface area contributed by atoms with Crippen molar-refractivity contribution < 1.29 is 0 Å². The number of anilines is 6. The summed E-state index contributed by atoms with van der Waals surface area (Å²) >= 11 is 0.